The van der Waals surface area contributed by atoms with E-state index in [4.69, 9.17) is 23.2 Å². The third-order valence-corrected chi connectivity index (χ3v) is 5.24. The summed E-state index contributed by atoms with van der Waals surface area (Å²) < 4.78 is 2.04. The minimum absolute atomic E-state index is 0.466. The molecular weight excluding hydrogens is 391 g/mol. The van der Waals surface area contributed by atoms with Gasteiger partial charge in [-0.25, -0.2) is 4.98 Å². The summed E-state index contributed by atoms with van der Waals surface area (Å²) in [5.74, 6) is 0.550. The lowest BCUT2D eigenvalue weighted by molar-refractivity contribution is 0.965. The Bertz CT molecular complexity index is 1240. The zero-order chi connectivity index (χ0) is 19.8. The molecular formula is C22H16Cl2N4. The molecule has 0 saturated heterocycles. The minimum atomic E-state index is 0.466. The lowest BCUT2D eigenvalue weighted by Gasteiger charge is -2.12. The molecule has 1 N–H and O–H groups in total. The van der Waals surface area contributed by atoms with Crippen molar-refractivity contribution in [2.45, 2.75) is 13.8 Å². The summed E-state index contributed by atoms with van der Waals surface area (Å²) >= 11 is 12.6. The second-order valence-corrected chi connectivity index (χ2v) is 7.37. The van der Waals surface area contributed by atoms with Crippen LogP contribution in [0, 0.1) is 25.2 Å². The van der Waals surface area contributed by atoms with E-state index in [9.17, 15) is 5.26 Å². The van der Waals surface area contributed by atoms with Gasteiger partial charge in [-0.1, -0.05) is 35.3 Å². The van der Waals surface area contributed by atoms with Gasteiger partial charge >= 0.3 is 0 Å². The zero-order valence-electron chi connectivity index (χ0n) is 15.3. The smallest absolute Gasteiger partial charge is 0.149 e. The van der Waals surface area contributed by atoms with Crippen LogP contribution in [0.15, 0.2) is 48.5 Å². The largest absolute Gasteiger partial charge is 0.337 e. The van der Waals surface area contributed by atoms with Crippen molar-refractivity contribution in [2.75, 3.05) is 0 Å². The molecule has 0 fully saturated rings. The molecule has 4 aromatic rings. The summed E-state index contributed by atoms with van der Waals surface area (Å²) in [6, 6.07) is 17.4. The van der Waals surface area contributed by atoms with E-state index in [-0.39, 0.29) is 0 Å². The first-order valence-electron chi connectivity index (χ1n) is 8.69. The van der Waals surface area contributed by atoms with E-state index >= 15 is 0 Å². The van der Waals surface area contributed by atoms with Crippen LogP contribution in [0.25, 0.3) is 28.4 Å². The summed E-state index contributed by atoms with van der Waals surface area (Å²) in [4.78, 5) is 7.74. The molecule has 0 aliphatic rings. The number of aryl methyl sites for hydroxylation is 1. The summed E-state index contributed by atoms with van der Waals surface area (Å²) in [6.07, 6.45) is 1.84. The van der Waals surface area contributed by atoms with Gasteiger partial charge in [-0.05, 0) is 61.9 Å². The van der Waals surface area contributed by atoms with Crippen molar-refractivity contribution in [1.82, 2.24) is 14.5 Å². The third-order valence-electron chi connectivity index (χ3n) is 4.68. The van der Waals surface area contributed by atoms with E-state index in [2.05, 4.69) is 16.0 Å². The van der Waals surface area contributed by atoms with Gasteiger partial charge in [0.2, 0.25) is 0 Å². The highest BCUT2D eigenvalue weighted by molar-refractivity contribution is 6.34. The molecule has 0 amide bonds. The average Bonchev–Trinajstić information content (AvgIpc) is 3.22. The van der Waals surface area contributed by atoms with Crippen LogP contribution in [-0.2, 0) is 0 Å². The summed E-state index contributed by atoms with van der Waals surface area (Å²) in [5.41, 5.74) is 5.88. The molecule has 28 heavy (non-hydrogen) atoms. The monoisotopic (exact) mass is 406 g/mol. The van der Waals surface area contributed by atoms with Gasteiger partial charge in [-0.3, -0.25) is 0 Å². The van der Waals surface area contributed by atoms with E-state index < -0.39 is 0 Å². The molecule has 0 atom stereocenters. The molecule has 0 aliphatic heterocycles. The minimum Gasteiger partial charge on any atom is -0.337 e. The normalized spacial score (nSPS) is 11.8. The number of para-hydroxylation sites is 2. The van der Waals surface area contributed by atoms with Crippen LogP contribution in [0.1, 0.15) is 22.8 Å². The number of imidazole rings is 1. The van der Waals surface area contributed by atoms with Gasteiger partial charge < -0.3 is 9.55 Å². The first-order chi connectivity index (χ1) is 13.5. The molecule has 0 unspecified atom stereocenters. The van der Waals surface area contributed by atoms with Crippen LogP contribution >= 0.6 is 23.2 Å². The van der Waals surface area contributed by atoms with Gasteiger partial charge in [0.15, 0.2) is 0 Å². The van der Waals surface area contributed by atoms with Gasteiger partial charge in [0.05, 0.1) is 27.3 Å². The molecule has 0 radical (unpaired) electrons. The maximum Gasteiger partial charge on any atom is 0.149 e. The number of fused-ring (bicyclic) bond motifs is 1. The van der Waals surface area contributed by atoms with E-state index in [1.165, 1.54) is 0 Å². The number of aromatic amines is 1. The van der Waals surface area contributed by atoms with Crippen molar-refractivity contribution in [3.05, 3.63) is 81.4 Å². The summed E-state index contributed by atoms with van der Waals surface area (Å²) in [6.45, 7) is 3.98. The number of halogens is 2. The van der Waals surface area contributed by atoms with Crippen LogP contribution in [0.4, 0.5) is 0 Å². The maximum absolute atomic E-state index is 9.71. The zero-order valence-corrected chi connectivity index (χ0v) is 16.8. The molecule has 2 heterocycles. The van der Waals surface area contributed by atoms with E-state index in [0.29, 0.717) is 21.4 Å². The Morgan fingerprint density at radius 1 is 1.14 bits per heavy atom. The predicted molar refractivity (Wildman–Crippen MR) is 115 cm³/mol. The Kier molecular flexibility index (Phi) is 4.72. The number of H-pyrrole nitrogens is 1. The van der Waals surface area contributed by atoms with Crippen molar-refractivity contribution in [3.8, 4) is 11.8 Å². The first-order valence-corrected chi connectivity index (χ1v) is 9.45. The number of aromatic nitrogens is 3. The number of allylic oxidation sites excluding steroid dienone is 1. The van der Waals surface area contributed by atoms with Crippen LogP contribution in [-0.4, -0.2) is 14.5 Å². The van der Waals surface area contributed by atoms with E-state index in [0.717, 1.165) is 33.7 Å². The number of nitrogens with one attached hydrogen (secondary N) is 1. The Morgan fingerprint density at radius 3 is 2.68 bits per heavy atom. The average molecular weight is 407 g/mol. The molecule has 4 rings (SSSR count). The van der Waals surface area contributed by atoms with E-state index in [1.807, 2.05) is 60.9 Å². The SMILES string of the molecule is Cc1cc(/C=C(\C#N)c2nc3ccccc3[nH]2)c(C)n1-c1cc(Cl)ccc1Cl. The second kappa shape index (κ2) is 7.20. The van der Waals surface area contributed by atoms with Crippen molar-refractivity contribution >= 4 is 45.9 Å². The van der Waals surface area contributed by atoms with Crippen molar-refractivity contribution in [2.24, 2.45) is 0 Å². The second-order valence-electron chi connectivity index (χ2n) is 6.53. The van der Waals surface area contributed by atoms with Crippen molar-refractivity contribution in [3.63, 3.8) is 0 Å². The van der Waals surface area contributed by atoms with Gasteiger partial charge in [0.25, 0.3) is 0 Å². The van der Waals surface area contributed by atoms with Gasteiger partial charge in [-0.15, -0.1) is 0 Å². The standard InChI is InChI=1S/C22H16Cl2N4/c1-13-9-15(14(2)28(13)21-11-17(23)7-8-18(21)24)10-16(12-25)22-26-19-5-3-4-6-20(19)27-22/h3-11H,1-2H3,(H,26,27)/b16-10+. The fourth-order valence-electron chi connectivity index (χ4n) is 3.35. The van der Waals surface area contributed by atoms with Crippen molar-refractivity contribution in [1.29, 1.82) is 5.26 Å². The molecule has 0 bridgehead atoms. The molecule has 6 heteroatoms. The first kappa shape index (κ1) is 18.4. The van der Waals surface area contributed by atoms with Crippen molar-refractivity contribution < 1.29 is 0 Å². The molecule has 2 aromatic carbocycles. The Hall–Kier alpha value is -3.00. The lowest BCUT2D eigenvalue weighted by atomic mass is 10.1. The van der Waals surface area contributed by atoms with E-state index in [1.54, 1.807) is 12.1 Å². The van der Waals surface area contributed by atoms with Gasteiger partial charge in [0.1, 0.15) is 11.9 Å². The number of hydrogen-bond donors (Lipinski definition) is 1. The molecule has 0 spiro atoms. The molecule has 2 aromatic heterocycles. The quantitative estimate of drug-likeness (QED) is 0.403. The summed E-state index contributed by atoms with van der Waals surface area (Å²) in [7, 11) is 0. The molecule has 0 aliphatic carbocycles. The predicted octanol–water partition coefficient (Wildman–Crippen LogP) is 6.34. The Morgan fingerprint density at radius 2 is 1.93 bits per heavy atom. The fourth-order valence-corrected chi connectivity index (χ4v) is 3.72. The highest BCUT2D eigenvalue weighted by Gasteiger charge is 2.14. The van der Waals surface area contributed by atoms with Crippen LogP contribution in [0.5, 0.6) is 0 Å². The fraction of sp³-hybridized carbons (Fsp3) is 0.0909. The Labute approximate surface area is 172 Å². The van der Waals surface area contributed by atoms with Gasteiger partial charge in [0, 0.05) is 16.4 Å². The Balaban J connectivity index is 1.83. The molecule has 4 nitrogen and oxygen atoms in total. The number of nitriles is 1. The van der Waals surface area contributed by atoms with Gasteiger partial charge in [-0.2, -0.15) is 5.26 Å². The number of benzene rings is 2. The topological polar surface area (TPSA) is 57.4 Å². The third kappa shape index (κ3) is 3.20. The number of nitrogens with zero attached hydrogens (tertiary/aromatic N) is 3. The number of rotatable bonds is 3. The summed E-state index contributed by atoms with van der Waals surface area (Å²) in [5, 5.41) is 10.9. The highest BCUT2D eigenvalue weighted by atomic mass is 35.5. The lowest BCUT2D eigenvalue weighted by Crippen LogP contribution is -2.00. The maximum atomic E-state index is 9.71. The molecule has 138 valence electrons. The molecule has 0 saturated carbocycles. The number of hydrogen-bond acceptors (Lipinski definition) is 2. The van der Waals surface area contributed by atoms with Crippen LogP contribution in [0.3, 0.4) is 0 Å². The van der Waals surface area contributed by atoms with Crippen LogP contribution in [0.2, 0.25) is 10.0 Å². The van der Waals surface area contributed by atoms with Crippen LogP contribution < -0.4 is 0 Å². The highest BCUT2D eigenvalue weighted by Crippen LogP contribution is 2.30.